The SMILES string of the molecule is Cc1nc2ccccc2n1Cc1occc1C(=O)O. The number of aromatic nitrogens is 2. The van der Waals surface area contributed by atoms with E-state index in [1.807, 2.05) is 35.8 Å². The number of nitrogens with zero attached hydrogens (tertiary/aromatic N) is 2. The molecule has 0 radical (unpaired) electrons. The first-order chi connectivity index (χ1) is 9.16. The predicted molar refractivity (Wildman–Crippen MR) is 69.2 cm³/mol. The van der Waals surface area contributed by atoms with Gasteiger partial charge in [0.05, 0.1) is 23.8 Å². The van der Waals surface area contributed by atoms with Gasteiger partial charge in [-0.1, -0.05) is 12.1 Å². The van der Waals surface area contributed by atoms with Crippen LogP contribution in [0.4, 0.5) is 0 Å². The third kappa shape index (κ3) is 1.89. The summed E-state index contributed by atoms with van der Waals surface area (Å²) in [5.74, 6) is 0.276. The van der Waals surface area contributed by atoms with Gasteiger partial charge in [0.2, 0.25) is 0 Å². The minimum atomic E-state index is -0.981. The summed E-state index contributed by atoms with van der Waals surface area (Å²) in [6.45, 7) is 2.25. The monoisotopic (exact) mass is 256 g/mol. The van der Waals surface area contributed by atoms with Crippen molar-refractivity contribution < 1.29 is 14.3 Å². The van der Waals surface area contributed by atoms with Gasteiger partial charge in [-0.2, -0.15) is 0 Å². The number of hydrogen-bond acceptors (Lipinski definition) is 3. The Labute approximate surface area is 109 Å². The first-order valence-electron chi connectivity index (χ1n) is 5.88. The third-order valence-electron chi connectivity index (χ3n) is 3.12. The van der Waals surface area contributed by atoms with Crippen molar-refractivity contribution in [1.29, 1.82) is 0 Å². The van der Waals surface area contributed by atoms with Crippen molar-refractivity contribution in [3.8, 4) is 0 Å². The number of para-hydroxylation sites is 2. The van der Waals surface area contributed by atoms with Crippen LogP contribution in [0.3, 0.4) is 0 Å². The summed E-state index contributed by atoms with van der Waals surface area (Å²) in [7, 11) is 0. The summed E-state index contributed by atoms with van der Waals surface area (Å²) in [6, 6.07) is 9.21. The number of benzene rings is 1. The molecule has 0 unspecified atom stereocenters. The zero-order valence-electron chi connectivity index (χ0n) is 10.3. The van der Waals surface area contributed by atoms with Gasteiger partial charge in [-0.25, -0.2) is 9.78 Å². The van der Waals surface area contributed by atoms with Crippen molar-refractivity contribution in [3.05, 3.63) is 53.7 Å². The first-order valence-corrected chi connectivity index (χ1v) is 5.88. The lowest BCUT2D eigenvalue weighted by Gasteiger charge is -2.05. The molecule has 1 aromatic carbocycles. The topological polar surface area (TPSA) is 68.3 Å². The van der Waals surface area contributed by atoms with E-state index in [0.717, 1.165) is 16.9 Å². The highest BCUT2D eigenvalue weighted by atomic mass is 16.4. The number of rotatable bonds is 3. The van der Waals surface area contributed by atoms with E-state index in [1.54, 1.807) is 0 Å². The van der Waals surface area contributed by atoms with E-state index in [9.17, 15) is 4.79 Å². The molecule has 96 valence electrons. The van der Waals surface area contributed by atoms with Crippen molar-refractivity contribution in [2.45, 2.75) is 13.5 Å². The number of furan rings is 1. The van der Waals surface area contributed by atoms with Gasteiger partial charge in [-0.15, -0.1) is 0 Å². The fourth-order valence-corrected chi connectivity index (χ4v) is 2.19. The Morgan fingerprint density at radius 3 is 2.95 bits per heavy atom. The largest absolute Gasteiger partial charge is 0.478 e. The normalized spacial score (nSPS) is 11.0. The van der Waals surface area contributed by atoms with E-state index < -0.39 is 5.97 Å². The molecule has 0 bridgehead atoms. The molecule has 0 amide bonds. The summed E-state index contributed by atoms with van der Waals surface area (Å²) in [5, 5.41) is 9.08. The molecule has 3 rings (SSSR count). The maximum atomic E-state index is 11.1. The Morgan fingerprint density at radius 2 is 2.16 bits per heavy atom. The van der Waals surface area contributed by atoms with Crippen molar-refractivity contribution in [1.82, 2.24) is 9.55 Å². The number of aryl methyl sites for hydroxylation is 1. The zero-order chi connectivity index (χ0) is 13.4. The van der Waals surface area contributed by atoms with Crippen LogP contribution < -0.4 is 0 Å². The van der Waals surface area contributed by atoms with Crippen LogP contribution in [-0.4, -0.2) is 20.6 Å². The van der Waals surface area contributed by atoms with Crippen LogP contribution in [0.1, 0.15) is 21.9 Å². The standard InChI is InChI=1S/C14H12N2O3/c1-9-15-11-4-2-3-5-12(11)16(9)8-13-10(14(17)18)6-7-19-13/h2-7H,8H2,1H3,(H,17,18). The van der Waals surface area contributed by atoms with Gasteiger partial charge in [0.1, 0.15) is 17.1 Å². The molecule has 5 nitrogen and oxygen atoms in total. The van der Waals surface area contributed by atoms with Crippen LogP contribution in [0.2, 0.25) is 0 Å². The van der Waals surface area contributed by atoms with Gasteiger partial charge in [-0.3, -0.25) is 0 Å². The Bertz CT molecular complexity index is 755. The second kappa shape index (κ2) is 4.28. The first kappa shape index (κ1) is 11.5. The molecule has 0 saturated carbocycles. The average molecular weight is 256 g/mol. The second-order valence-corrected chi connectivity index (χ2v) is 4.30. The van der Waals surface area contributed by atoms with Crippen LogP contribution in [0.5, 0.6) is 0 Å². The molecular formula is C14H12N2O3. The predicted octanol–water partition coefficient (Wildman–Crippen LogP) is 2.68. The highest BCUT2D eigenvalue weighted by molar-refractivity contribution is 5.88. The lowest BCUT2D eigenvalue weighted by atomic mass is 10.2. The van der Waals surface area contributed by atoms with Crippen LogP contribution in [-0.2, 0) is 6.54 Å². The van der Waals surface area contributed by atoms with E-state index >= 15 is 0 Å². The summed E-state index contributed by atoms with van der Waals surface area (Å²) in [6.07, 6.45) is 1.40. The molecule has 0 spiro atoms. The van der Waals surface area contributed by atoms with Gasteiger partial charge in [-0.05, 0) is 25.1 Å². The lowest BCUT2D eigenvalue weighted by Crippen LogP contribution is -2.06. The molecule has 2 aromatic heterocycles. The molecule has 0 atom stereocenters. The Balaban J connectivity index is 2.08. The molecule has 0 fully saturated rings. The second-order valence-electron chi connectivity index (χ2n) is 4.30. The van der Waals surface area contributed by atoms with Crippen LogP contribution >= 0.6 is 0 Å². The molecule has 2 heterocycles. The summed E-state index contributed by atoms with van der Waals surface area (Å²) in [5.41, 5.74) is 2.05. The summed E-state index contributed by atoms with van der Waals surface area (Å²) in [4.78, 5) is 15.5. The Kier molecular flexibility index (Phi) is 2.59. The quantitative estimate of drug-likeness (QED) is 0.782. The zero-order valence-corrected chi connectivity index (χ0v) is 10.3. The number of aromatic carboxylic acids is 1. The van der Waals surface area contributed by atoms with Crippen LogP contribution in [0.25, 0.3) is 11.0 Å². The maximum absolute atomic E-state index is 11.1. The molecule has 0 aliphatic carbocycles. The van der Waals surface area contributed by atoms with Crippen molar-refractivity contribution >= 4 is 17.0 Å². The Hall–Kier alpha value is -2.56. The summed E-state index contributed by atoms with van der Waals surface area (Å²) < 4.78 is 7.22. The van der Waals surface area contributed by atoms with E-state index in [-0.39, 0.29) is 5.56 Å². The fraction of sp³-hybridized carbons (Fsp3) is 0.143. The number of carboxylic acid groups (broad SMARTS) is 1. The molecule has 0 aliphatic rings. The molecular weight excluding hydrogens is 244 g/mol. The molecule has 3 aromatic rings. The number of hydrogen-bond donors (Lipinski definition) is 1. The number of carboxylic acids is 1. The molecule has 5 heteroatoms. The smallest absolute Gasteiger partial charge is 0.339 e. The Morgan fingerprint density at radius 1 is 1.37 bits per heavy atom. The average Bonchev–Trinajstić information content (AvgIpc) is 2.96. The van der Waals surface area contributed by atoms with Gasteiger partial charge in [0, 0.05) is 0 Å². The van der Waals surface area contributed by atoms with Crippen molar-refractivity contribution in [2.75, 3.05) is 0 Å². The van der Waals surface area contributed by atoms with Gasteiger partial charge < -0.3 is 14.1 Å². The number of imidazole rings is 1. The van der Waals surface area contributed by atoms with Crippen LogP contribution in [0, 0.1) is 6.92 Å². The summed E-state index contributed by atoms with van der Waals surface area (Å²) >= 11 is 0. The molecule has 1 N–H and O–H groups in total. The highest BCUT2D eigenvalue weighted by Gasteiger charge is 2.16. The van der Waals surface area contributed by atoms with E-state index in [4.69, 9.17) is 9.52 Å². The molecule has 0 aliphatic heterocycles. The molecule has 0 saturated heterocycles. The number of carbonyl (C=O) groups is 1. The third-order valence-corrected chi connectivity index (χ3v) is 3.12. The fourth-order valence-electron chi connectivity index (χ4n) is 2.19. The number of fused-ring (bicyclic) bond motifs is 1. The maximum Gasteiger partial charge on any atom is 0.339 e. The van der Waals surface area contributed by atoms with Crippen molar-refractivity contribution in [3.63, 3.8) is 0 Å². The van der Waals surface area contributed by atoms with E-state index in [2.05, 4.69) is 4.98 Å². The van der Waals surface area contributed by atoms with Gasteiger partial charge in [0.15, 0.2) is 0 Å². The van der Waals surface area contributed by atoms with Gasteiger partial charge >= 0.3 is 5.97 Å². The molecule has 19 heavy (non-hydrogen) atoms. The van der Waals surface area contributed by atoms with Gasteiger partial charge in [0.25, 0.3) is 0 Å². The highest BCUT2D eigenvalue weighted by Crippen LogP contribution is 2.19. The minimum Gasteiger partial charge on any atom is -0.478 e. The van der Waals surface area contributed by atoms with E-state index in [0.29, 0.717) is 12.3 Å². The van der Waals surface area contributed by atoms with Crippen LogP contribution in [0.15, 0.2) is 41.0 Å². The lowest BCUT2D eigenvalue weighted by molar-refractivity contribution is 0.0694. The minimum absolute atomic E-state index is 0.192. The van der Waals surface area contributed by atoms with E-state index in [1.165, 1.54) is 12.3 Å². The van der Waals surface area contributed by atoms with Crippen molar-refractivity contribution in [2.24, 2.45) is 0 Å².